The van der Waals surface area contributed by atoms with E-state index in [4.69, 9.17) is 0 Å². The summed E-state index contributed by atoms with van der Waals surface area (Å²) in [6, 6.07) is 15.4. The normalized spacial score (nSPS) is 14.5. The minimum absolute atomic E-state index is 0.00767. The zero-order valence-electron chi connectivity index (χ0n) is 14.6. The molecule has 136 valence electrons. The first kappa shape index (κ1) is 19.4. The topological polar surface area (TPSA) is 77.3 Å². The average Bonchev–Trinajstić information content (AvgIpc) is 2.65. The first-order valence-electron chi connectivity index (χ1n) is 8.28. The number of hydrogen-bond acceptors (Lipinski definition) is 4. The first-order valence-corrected chi connectivity index (χ1v) is 8.28. The molecular weight excluding hydrogens is 337 g/mol. The molecule has 2 aromatic carbocycles. The van der Waals surface area contributed by atoms with Gasteiger partial charge in [-0.3, -0.25) is 19.7 Å². The molecule has 2 rings (SSSR count). The minimum atomic E-state index is -3.02. The molecular formula is C20H20FNO4. The van der Waals surface area contributed by atoms with Gasteiger partial charge >= 0.3 is 0 Å². The Morgan fingerprint density at radius 3 is 2.00 bits per heavy atom. The molecule has 0 unspecified atom stereocenters. The Bertz CT molecular complexity index is 792. The van der Waals surface area contributed by atoms with Gasteiger partial charge in [-0.05, 0) is 5.56 Å². The fourth-order valence-corrected chi connectivity index (χ4v) is 2.96. The standard InChI is InChI=1S/C20H20FNO4/c1-14(2)18(23)20(21,19(24)16-11-7-4-8-12-16)17(13-22(25)26)15-9-5-3-6-10-15/h3-12,14,17H,13H2,1-2H3/t17-,20-/m0/s1. The van der Waals surface area contributed by atoms with Gasteiger partial charge in [0.25, 0.3) is 0 Å². The second kappa shape index (κ2) is 7.99. The fraction of sp³-hybridized carbons (Fsp3) is 0.300. The molecule has 0 heterocycles. The van der Waals surface area contributed by atoms with Crippen molar-refractivity contribution in [1.29, 1.82) is 0 Å². The number of carbonyl (C=O) groups is 2. The lowest BCUT2D eigenvalue weighted by Crippen LogP contribution is -2.51. The Labute approximate surface area is 151 Å². The van der Waals surface area contributed by atoms with Crippen LogP contribution in [0.15, 0.2) is 60.7 Å². The SMILES string of the molecule is CC(C)C(=O)[C@](F)(C(=O)c1ccccc1)[C@@H](C[N+](=O)[O-])c1ccccc1. The van der Waals surface area contributed by atoms with Gasteiger partial charge in [0.1, 0.15) is 0 Å². The Kier molecular flexibility index (Phi) is 5.97. The largest absolute Gasteiger partial charge is 0.295 e. The Hall–Kier alpha value is -2.89. The molecule has 2 atom stereocenters. The van der Waals surface area contributed by atoms with E-state index in [0.29, 0.717) is 0 Å². The lowest BCUT2D eigenvalue weighted by atomic mass is 9.73. The third kappa shape index (κ3) is 3.85. The number of nitrogens with zero attached hydrogens (tertiary/aromatic N) is 1. The van der Waals surface area contributed by atoms with E-state index < -0.39 is 40.5 Å². The first-order chi connectivity index (χ1) is 12.3. The monoisotopic (exact) mass is 357 g/mol. The molecule has 0 aliphatic heterocycles. The second-order valence-corrected chi connectivity index (χ2v) is 6.40. The lowest BCUT2D eigenvalue weighted by molar-refractivity contribution is -0.485. The summed E-state index contributed by atoms with van der Waals surface area (Å²) < 4.78 is 16.2. The second-order valence-electron chi connectivity index (χ2n) is 6.40. The van der Waals surface area contributed by atoms with Crippen molar-refractivity contribution in [3.05, 3.63) is 81.9 Å². The number of hydrogen-bond donors (Lipinski definition) is 0. The molecule has 0 aliphatic rings. The Balaban J connectivity index is 2.65. The Morgan fingerprint density at radius 2 is 1.54 bits per heavy atom. The van der Waals surface area contributed by atoms with E-state index >= 15 is 4.39 Å². The Morgan fingerprint density at radius 1 is 1.04 bits per heavy atom. The van der Waals surface area contributed by atoms with E-state index in [-0.39, 0.29) is 11.1 Å². The summed E-state index contributed by atoms with van der Waals surface area (Å²) in [6.07, 6.45) is 0. The average molecular weight is 357 g/mol. The van der Waals surface area contributed by atoms with Crippen molar-refractivity contribution in [2.45, 2.75) is 25.4 Å². The molecule has 0 saturated heterocycles. The van der Waals surface area contributed by atoms with Gasteiger partial charge < -0.3 is 0 Å². The fourth-order valence-electron chi connectivity index (χ4n) is 2.96. The van der Waals surface area contributed by atoms with E-state index in [9.17, 15) is 19.7 Å². The molecule has 0 fully saturated rings. The third-order valence-electron chi connectivity index (χ3n) is 4.26. The van der Waals surface area contributed by atoms with Gasteiger partial charge in [-0.25, -0.2) is 4.39 Å². The number of ketones is 2. The van der Waals surface area contributed by atoms with Crippen LogP contribution in [-0.2, 0) is 4.79 Å². The predicted octanol–water partition coefficient (Wildman–Crippen LogP) is 3.86. The van der Waals surface area contributed by atoms with Crippen LogP contribution in [0.2, 0.25) is 0 Å². The number of carbonyl (C=O) groups excluding carboxylic acids is 2. The maximum Gasteiger partial charge on any atom is 0.243 e. The van der Waals surface area contributed by atoms with Crippen LogP contribution in [-0.4, -0.2) is 28.7 Å². The van der Waals surface area contributed by atoms with Crippen LogP contribution >= 0.6 is 0 Å². The number of rotatable bonds is 8. The number of benzene rings is 2. The smallest absolute Gasteiger partial charge is 0.243 e. The quantitative estimate of drug-likeness (QED) is 0.311. The minimum Gasteiger partial charge on any atom is -0.295 e. The number of halogens is 1. The van der Waals surface area contributed by atoms with E-state index in [2.05, 4.69) is 0 Å². The summed E-state index contributed by atoms with van der Waals surface area (Å²) in [7, 11) is 0. The van der Waals surface area contributed by atoms with E-state index in [1.54, 1.807) is 36.4 Å². The molecule has 0 amide bonds. The van der Waals surface area contributed by atoms with Crippen molar-refractivity contribution in [2.75, 3.05) is 6.54 Å². The zero-order valence-corrected chi connectivity index (χ0v) is 14.6. The molecule has 26 heavy (non-hydrogen) atoms. The molecule has 0 aliphatic carbocycles. The maximum absolute atomic E-state index is 16.2. The van der Waals surface area contributed by atoms with Crippen LogP contribution in [0.25, 0.3) is 0 Å². The van der Waals surface area contributed by atoms with Gasteiger partial charge in [0.15, 0.2) is 5.78 Å². The molecule has 6 heteroatoms. The van der Waals surface area contributed by atoms with E-state index in [1.165, 1.54) is 38.1 Å². The number of Topliss-reactive ketones (excluding diaryl/α,β-unsaturated/α-hetero) is 2. The third-order valence-corrected chi connectivity index (χ3v) is 4.26. The van der Waals surface area contributed by atoms with Crippen LogP contribution in [0.4, 0.5) is 4.39 Å². The van der Waals surface area contributed by atoms with Crippen LogP contribution in [0.3, 0.4) is 0 Å². The zero-order chi connectivity index (χ0) is 19.3. The highest BCUT2D eigenvalue weighted by atomic mass is 19.1. The van der Waals surface area contributed by atoms with Crippen molar-refractivity contribution >= 4 is 11.6 Å². The van der Waals surface area contributed by atoms with E-state index in [1.807, 2.05) is 0 Å². The summed E-state index contributed by atoms with van der Waals surface area (Å²) in [5.74, 6) is -4.32. The van der Waals surface area contributed by atoms with Crippen molar-refractivity contribution < 1.29 is 18.9 Å². The van der Waals surface area contributed by atoms with Gasteiger partial charge in [0, 0.05) is 16.4 Å². The number of nitro groups is 1. The van der Waals surface area contributed by atoms with Gasteiger partial charge in [-0.1, -0.05) is 74.5 Å². The summed E-state index contributed by atoms with van der Waals surface area (Å²) in [4.78, 5) is 36.2. The lowest BCUT2D eigenvalue weighted by Gasteiger charge is -2.30. The molecule has 0 spiro atoms. The van der Waals surface area contributed by atoms with Crippen molar-refractivity contribution in [3.63, 3.8) is 0 Å². The van der Waals surface area contributed by atoms with Crippen molar-refractivity contribution in [1.82, 2.24) is 0 Å². The van der Waals surface area contributed by atoms with E-state index in [0.717, 1.165) is 0 Å². The van der Waals surface area contributed by atoms with Crippen LogP contribution in [0.5, 0.6) is 0 Å². The van der Waals surface area contributed by atoms with Crippen molar-refractivity contribution in [3.8, 4) is 0 Å². The highest BCUT2D eigenvalue weighted by Gasteiger charge is 2.55. The maximum atomic E-state index is 16.2. The molecule has 0 bridgehead atoms. The summed E-state index contributed by atoms with van der Waals surface area (Å²) in [5, 5.41) is 11.2. The van der Waals surface area contributed by atoms with Gasteiger partial charge in [0.05, 0.1) is 5.92 Å². The van der Waals surface area contributed by atoms with Crippen LogP contribution < -0.4 is 0 Å². The highest BCUT2D eigenvalue weighted by molar-refractivity contribution is 6.18. The van der Waals surface area contributed by atoms with Crippen LogP contribution in [0, 0.1) is 16.0 Å². The molecule has 0 radical (unpaired) electrons. The predicted molar refractivity (Wildman–Crippen MR) is 95.5 cm³/mol. The number of alkyl halides is 1. The van der Waals surface area contributed by atoms with Crippen LogP contribution in [0.1, 0.15) is 35.7 Å². The molecule has 0 N–H and O–H groups in total. The summed E-state index contributed by atoms with van der Waals surface area (Å²) in [5.41, 5.74) is -2.78. The van der Waals surface area contributed by atoms with Gasteiger partial charge in [0.2, 0.25) is 18.0 Å². The van der Waals surface area contributed by atoms with Gasteiger partial charge in [-0.15, -0.1) is 0 Å². The summed E-state index contributed by atoms with van der Waals surface area (Å²) in [6.45, 7) is 2.09. The van der Waals surface area contributed by atoms with Crippen molar-refractivity contribution in [2.24, 2.45) is 5.92 Å². The molecule has 0 saturated carbocycles. The molecule has 0 aromatic heterocycles. The molecule has 2 aromatic rings. The summed E-state index contributed by atoms with van der Waals surface area (Å²) >= 11 is 0. The molecule has 5 nitrogen and oxygen atoms in total. The highest BCUT2D eigenvalue weighted by Crippen LogP contribution is 2.38. The van der Waals surface area contributed by atoms with Gasteiger partial charge in [-0.2, -0.15) is 0 Å².